The van der Waals surface area contributed by atoms with Crippen LogP contribution in [0, 0.1) is 0 Å². The number of carbonyl (C=O) groups excluding carboxylic acids is 2. The highest BCUT2D eigenvalue weighted by Crippen LogP contribution is 2.25. The van der Waals surface area contributed by atoms with Gasteiger partial charge in [-0.2, -0.15) is 0 Å². The number of thioether (sulfide) groups is 1. The van der Waals surface area contributed by atoms with Crippen molar-refractivity contribution in [3.05, 3.63) is 24.3 Å². The number of hydrogen-bond donors (Lipinski definition) is 3. The predicted molar refractivity (Wildman–Crippen MR) is 69.0 cm³/mol. The molecule has 3 amide bonds. The van der Waals surface area contributed by atoms with E-state index in [-0.39, 0.29) is 0 Å². The summed E-state index contributed by atoms with van der Waals surface area (Å²) in [5.41, 5.74) is 5.73. The number of rotatable bonds is 4. The molecule has 0 fully saturated rings. The first kappa shape index (κ1) is 13.4. The van der Waals surface area contributed by atoms with Crippen LogP contribution in [-0.4, -0.2) is 24.2 Å². The van der Waals surface area contributed by atoms with Crippen molar-refractivity contribution in [1.82, 2.24) is 5.32 Å². The third kappa shape index (κ3) is 3.99. The molecule has 0 bridgehead atoms. The Morgan fingerprint density at radius 1 is 1.35 bits per heavy atom. The first-order valence-corrected chi connectivity index (χ1v) is 6.27. The molecule has 0 aromatic heterocycles. The maximum absolute atomic E-state index is 11.5. The van der Waals surface area contributed by atoms with Gasteiger partial charge >= 0.3 is 6.03 Å². The summed E-state index contributed by atoms with van der Waals surface area (Å²) in [6.07, 6.45) is 1.95. The minimum Gasteiger partial charge on any atom is -0.373 e. The lowest BCUT2D eigenvalue weighted by atomic mass is 10.2. The van der Waals surface area contributed by atoms with E-state index in [1.807, 2.05) is 35.8 Å². The first-order chi connectivity index (χ1) is 8.04. The zero-order chi connectivity index (χ0) is 12.8. The topological polar surface area (TPSA) is 84.2 Å². The van der Waals surface area contributed by atoms with E-state index >= 15 is 0 Å². The summed E-state index contributed by atoms with van der Waals surface area (Å²) in [5, 5.41) is 5.06. The van der Waals surface area contributed by atoms with Crippen LogP contribution in [0.15, 0.2) is 29.2 Å². The quantitative estimate of drug-likeness (QED) is 0.708. The highest BCUT2D eigenvalue weighted by atomic mass is 32.2. The van der Waals surface area contributed by atoms with E-state index in [1.165, 1.54) is 0 Å². The highest BCUT2D eigenvalue weighted by Gasteiger charge is 2.14. The fraction of sp³-hybridized carbons (Fsp3) is 0.273. The summed E-state index contributed by atoms with van der Waals surface area (Å²) in [6, 6.07) is 6.25. The van der Waals surface area contributed by atoms with Gasteiger partial charge in [-0.15, -0.1) is 11.8 Å². The molecule has 0 saturated carbocycles. The maximum atomic E-state index is 11.5. The van der Waals surface area contributed by atoms with Gasteiger partial charge in [0.05, 0.1) is 0 Å². The Bertz CT molecular complexity index is 423. The molecule has 0 heterocycles. The van der Waals surface area contributed by atoms with E-state index in [1.54, 1.807) is 18.7 Å². The molecule has 0 saturated heterocycles. The number of hydrogen-bond acceptors (Lipinski definition) is 4. The Morgan fingerprint density at radius 3 is 2.59 bits per heavy atom. The van der Waals surface area contributed by atoms with Gasteiger partial charge in [-0.3, -0.25) is 10.1 Å². The Labute approximate surface area is 104 Å². The second-order valence-corrected chi connectivity index (χ2v) is 4.27. The lowest BCUT2D eigenvalue weighted by Gasteiger charge is -2.16. The minimum atomic E-state index is -0.846. The smallest absolute Gasteiger partial charge is 0.318 e. The highest BCUT2D eigenvalue weighted by molar-refractivity contribution is 7.98. The van der Waals surface area contributed by atoms with Crippen molar-refractivity contribution < 1.29 is 9.59 Å². The van der Waals surface area contributed by atoms with Crippen molar-refractivity contribution in [2.45, 2.75) is 17.9 Å². The van der Waals surface area contributed by atoms with E-state index in [9.17, 15) is 9.59 Å². The third-order valence-electron chi connectivity index (χ3n) is 2.12. The van der Waals surface area contributed by atoms with Crippen LogP contribution in [0.2, 0.25) is 0 Å². The van der Waals surface area contributed by atoms with Crippen LogP contribution in [0.25, 0.3) is 0 Å². The van der Waals surface area contributed by atoms with E-state index in [2.05, 4.69) is 5.32 Å². The van der Waals surface area contributed by atoms with Gasteiger partial charge in [0, 0.05) is 10.6 Å². The van der Waals surface area contributed by atoms with Crippen molar-refractivity contribution in [1.29, 1.82) is 0 Å². The largest absolute Gasteiger partial charge is 0.373 e. The molecule has 6 heteroatoms. The summed E-state index contributed by atoms with van der Waals surface area (Å²) in [5.74, 6) is -0.451. The summed E-state index contributed by atoms with van der Waals surface area (Å²) >= 11 is 1.58. The summed E-state index contributed by atoms with van der Waals surface area (Å²) < 4.78 is 0. The molecule has 0 spiro atoms. The van der Waals surface area contributed by atoms with Gasteiger partial charge in [0.1, 0.15) is 6.04 Å². The van der Waals surface area contributed by atoms with Gasteiger partial charge in [-0.25, -0.2) is 4.79 Å². The summed E-state index contributed by atoms with van der Waals surface area (Å²) in [7, 11) is 0. The average molecular weight is 253 g/mol. The van der Waals surface area contributed by atoms with Crippen molar-refractivity contribution in [3.8, 4) is 0 Å². The molecule has 1 aromatic rings. The van der Waals surface area contributed by atoms with E-state index < -0.39 is 18.0 Å². The molecular weight excluding hydrogens is 238 g/mol. The monoisotopic (exact) mass is 253 g/mol. The fourth-order valence-electron chi connectivity index (χ4n) is 1.29. The number of carbonyl (C=O) groups is 2. The molecule has 1 rings (SSSR count). The summed E-state index contributed by atoms with van der Waals surface area (Å²) in [6.45, 7) is 1.66. The number of amides is 3. The van der Waals surface area contributed by atoms with E-state index in [0.29, 0.717) is 0 Å². The molecule has 92 valence electrons. The normalized spacial score (nSPS) is 11.6. The van der Waals surface area contributed by atoms with E-state index in [0.717, 1.165) is 10.6 Å². The second-order valence-electron chi connectivity index (χ2n) is 3.42. The number of nitrogens with two attached hydrogens (primary N) is 1. The zero-order valence-corrected chi connectivity index (χ0v) is 10.5. The standard InChI is InChI=1S/C11H15N3O2S/c1-7(10(15)14-11(12)16)13-8-5-3-4-6-9(8)17-2/h3-7,13H,1-2H3,(H3,12,14,15,16). The van der Waals surface area contributed by atoms with Gasteiger partial charge in [0.2, 0.25) is 5.91 Å². The molecule has 5 nitrogen and oxygen atoms in total. The van der Waals surface area contributed by atoms with Crippen LogP contribution in [-0.2, 0) is 4.79 Å². The molecule has 0 aliphatic heterocycles. The number of anilines is 1. The van der Waals surface area contributed by atoms with Gasteiger partial charge < -0.3 is 11.1 Å². The molecule has 4 N–H and O–H groups in total. The maximum Gasteiger partial charge on any atom is 0.318 e. The lowest BCUT2D eigenvalue weighted by molar-refractivity contribution is -0.120. The molecule has 0 radical (unpaired) electrons. The van der Waals surface area contributed by atoms with Crippen LogP contribution in [0.3, 0.4) is 0 Å². The van der Waals surface area contributed by atoms with Crippen molar-refractivity contribution in [2.24, 2.45) is 5.73 Å². The number of nitrogens with one attached hydrogen (secondary N) is 2. The average Bonchev–Trinajstić information content (AvgIpc) is 2.28. The number of para-hydroxylation sites is 1. The summed E-state index contributed by atoms with van der Waals surface area (Å²) in [4.78, 5) is 23.1. The molecular formula is C11H15N3O2S. The van der Waals surface area contributed by atoms with Crippen molar-refractivity contribution in [3.63, 3.8) is 0 Å². The van der Waals surface area contributed by atoms with Crippen LogP contribution >= 0.6 is 11.8 Å². The van der Waals surface area contributed by atoms with Crippen LogP contribution in [0.1, 0.15) is 6.92 Å². The Balaban J connectivity index is 2.70. The minimum absolute atomic E-state index is 0.451. The lowest BCUT2D eigenvalue weighted by Crippen LogP contribution is -2.43. The molecule has 1 unspecified atom stereocenters. The van der Waals surface area contributed by atoms with Gasteiger partial charge in [0.15, 0.2) is 0 Å². The van der Waals surface area contributed by atoms with Crippen LogP contribution < -0.4 is 16.4 Å². The van der Waals surface area contributed by atoms with Gasteiger partial charge in [0.25, 0.3) is 0 Å². The fourth-order valence-corrected chi connectivity index (χ4v) is 1.85. The SMILES string of the molecule is CSc1ccccc1NC(C)C(=O)NC(N)=O. The number of primary amides is 1. The zero-order valence-electron chi connectivity index (χ0n) is 9.69. The van der Waals surface area contributed by atoms with Gasteiger partial charge in [-0.1, -0.05) is 12.1 Å². The predicted octanol–water partition coefficient (Wildman–Crippen LogP) is 1.40. The number of urea groups is 1. The third-order valence-corrected chi connectivity index (χ3v) is 2.91. The molecule has 1 aromatic carbocycles. The van der Waals surface area contributed by atoms with Crippen LogP contribution in [0.4, 0.5) is 10.5 Å². The number of benzene rings is 1. The van der Waals surface area contributed by atoms with E-state index in [4.69, 9.17) is 5.73 Å². The van der Waals surface area contributed by atoms with Crippen molar-refractivity contribution in [2.75, 3.05) is 11.6 Å². The van der Waals surface area contributed by atoms with Crippen LogP contribution in [0.5, 0.6) is 0 Å². The molecule has 17 heavy (non-hydrogen) atoms. The Kier molecular flexibility index (Phi) is 4.84. The molecule has 0 aliphatic rings. The molecule has 0 aliphatic carbocycles. The Morgan fingerprint density at radius 2 is 2.00 bits per heavy atom. The second kappa shape index (κ2) is 6.15. The van der Waals surface area contributed by atoms with Crippen molar-refractivity contribution >= 4 is 29.4 Å². The van der Waals surface area contributed by atoms with Gasteiger partial charge in [-0.05, 0) is 25.3 Å². The Hall–Kier alpha value is -1.69. The number of imide groups is 1. The molecule has 1 atom stereocenters. The first-order valence-electron chi connectivity index (χ1n) is 5.04.